The summed E-state index contributed by atoms with van der Waals surface area (Å²) in [7, 11) is 1.95. The zero-order valence-corrected chi connectivity index (χ0v) is 17.2. The van der Waals surface area contributed by atoms with Gasteiger partial charge in [0.25, 0.3) is 0 Å². The molecule has 0 bridgehead atoms. The van der Waals surface area contributed by atoms with Crippen LogP contribution in [0.15, 0.2) is 59.8 Å². The van der Waals surface area contributed by atoms with Gasteiger partial charge in [-0.2, -0.15) is 0 Å². The Morgan fingerprint density at radius 3 is 2.56 bits per heavy atom. The number of thioether (sulfide) groups is 2. The van der Waals surface area contributed by atoms with Crippen molar-refractivity contribution in [2.24, 2.45) is 7.05 Å². The molecule has 140 valence electrons. The Morgan fingerprint density at radius 2 is 1.81 bits per heavy atom. The third-order valence-corrected chi connectivity index (χ3v) is 6.00. The first-order valence-corrected chi connectivity index (χ1v) is 10.8. The second-order valence-corrected chi connectivity index (χ2v) is 8.14. The molecule has 2 aromatic carbocycles. The van der Waals surface area contributed by atoms with Crippen LogP contribution in [0.5, 0.6) is 0 Å². The van der Waals surface area contributed by atoms with Crippen LogP contribution in [-0.2, 0) is 23.3 Å². The third kappa shape index (κ3) is 6.02. The van der Waals surface area contributed by atoms with Crippen molar-refractivity contribution in [1.82, 2.24) is 14.8 Å². The molecule has 1 aromatic heterocycles. The highest BCUT2D eigenvalue weighted by Gasteiger charge is 2.11. The monoisotopic (exact) mass is 418 g/mol. The molecule has 3 rings (SSSR count). The summed E-state index contributed by atoms with van der Waals surface area (Å²) in [5, 5.41) is 13.0. The Balaban J connectivity index is 1.45. The van der Waals surface area contributed by atoms with Crippen molar-refractivity contribution in [3.63, 3.8) is 0 Å². The van der Waals surface area contributed by atoms with Crippen molar-refractivity contribution in [1.29, 1.82) is 0 Å². The molecule has 1 amide bonds. The lowest BCUT2D eigenvalue weighted by atomic mass is 10.2. The molecule has 1 heterocycles. The van der Waals surface area contributed by atoms with Crippen LogP contribution in [0.2, 0.25) is 5.02 Å². The molecule has 0 unspecified atom stereocenters. The quantitative estimate of drug-likeness (QED) is 0.540. The van der Waals surface area contributed by atoms with Crippen molar-refractivity contribution >= 4 is 46.7 Å². The Morgan fingerprint density at radius 1 is 1.07 bits per heavy atom. The first-order chi connectivity index (χ1) is 13.1. The van der Waals surface area contributed by atoms with Crippen LogP contribution in [0, 0.1) is 0 Å². The van der Waals surface area contributed by atoms with Gasteiger partial charge in [-0.15, -0.1) is 22.0 Å². The van der Waals surface area contributed by atoms with Gasteiger partial charge >= 0.3 is 0 Å². The number of anilines is 1. The summed E-state index contributed by atoms with van der Waals surface area (Å²) in [4.78, 5) is 12.0. The van der Waals surface area contributed by atoms with Gasteiger partial charge in [-0.25, -0.2) is 0 Å². The van der Waals surface area contributed by atoms with E-state index in [0.29, 0.717) is 11.5 Å². The van der Waals surface area contributed by atoms with Crippen LogP contribution in [-0.4, -0.2) is 26.4 Å². The number of benzene rings is 2. The number of nitrogens with zero attached hydrogens (tertiary/aromatic N) is 3. The van der Waals surface area contributed by atoms with Gasteiger partial charge in [-0.1, -0.05) is 53.7 Å². The van der Waals surface area contributed by atoms with Gasteiger partial charge in [0.2, 0.25) is 5.91 Å². The summed E-state index contributed by atoms with van der Waals surface area (Å²) in [6, 6.07) is 17.2. The van der Waals surface area contributed by atoms with Crippen LogP contribution in [0.3, 0.4) is 0 Å². The lowest BCUT2D eigenvalue weighted by Gasteiger charge is -2.06. The van der Waals surface area contributed by atoms with Gasteiger partial charge < -0.3 is 9.88 Å². The number of aromatic nitrogens is 3. The Kier molecular flexibility index (Phi) is 7.20. The van der Waals surface area contributed by atoms with E-state index in [9.17, 15) is 4.79 Å². The van der Waals surface area contributed by atoms with Gasteiger partial charge in [0.05, 0.1) is 11.5 Å². The normalized spacial score (nSPS) is 10.7. The maximum absolute atomic E-state index is 12.0. The number of hydrogen-bond acceptors (Lipinski definition) is 5. The average Bonchev–Trinajstić information content (AvgIpc) is 3.02. The van der Waals surface area contributed by atoms with Crippen LogP contribution >= 0.6 is 35.1 Å². The molecule has 0 saturated carbocycles. The number of amides is 1. The van der Waals surface area contributed by atoms with E-state index in [1.807, 2.05) is 66.2 Å². The van der Waals surface area contributed by atoms with E-state index in [2.05, 4.69) is 15.5 Å². The molecule has 27 heavy (non-hydrogen) atoms. The molecule has 0 saturated heterocycles. The minimum Gasteiger partial charge on any atom is -0.325 e. The molecule has 0 aliphatic carbocycles. The first kappa shape index (κ1) is 19.8. The van der Waals surface area contributed by atoms with Crippen LogP contribution in [0.25, 0.3) is 0 Å². The maximum atomic E-state index is 12.0. The minimum atomic E-state index is -0.0225. The Hall–Kier alpha value is -1.96. The second-order valence-electron chi connectivity index (χ2n) is 5.78. The predicted octanol–water partition coefficient (Wildman–Crippen LogP) is 4.63. The second kappa shape index (κ2) is 9.82. The highest BCUT2D eigenvalue weighted by molar-refractivity contribution is 7.99. The summed E-state index contributed by atoms with van der Waals surface area (Å²) in [5.74, 6) is 2.63. The standard InChI is InChI=1S/C19H19ClN4OS2/c1-24-17(12-26-13-18(25)21-16-5-3-2-4-6-16)22-23-19(24)27-11-14-7-9-15(20)10-8-14/h2-10H,11-13H2,1H3,(H,21,25). The molecule has 5 nitrogen and oxygen atoms in total. The van der Waals surface area contributed by atoms with E-state index >= 15 is 0 Å². The van der Waals surface area contributed by atoms with Crippen molar-refractivity contribution in [2.75, 3.05) is 11.1 Å². The molecule has 0 aliphatic heterocycles. The summed E-state index contributed by atoms with van der Waals surface area (Å²) in [6.07, 6.45) is 0. The van der Waals surface area contributed by atoms with Crippen LogP contribution in [0.4, 0.5) is 5.69 Å². The topological polar surface area (TPSA) is 59.8 Å². The fraction of sp³-hybridized carbons (Fsp3) is 0.211. The number of para-hydroxylation sites is 1. The van der Waals surface area contributed by atoms with E-state index in [1.165, 1.54) is 17.3 Å². The predicted molar refractivity (Wildman–Crippen MR) is 113 cm³/mol. The van der Waals surface area contributed by atoms with Crippen molar-refractivity contribution in [2.45, 2.75) is 16.7 Å². The molecule has 1 N–H and O–H groups in total. The lowest BCUT2D eigenvalue weighted by Crippen LogP contribution is -2.14. The van der Waals surface area contributed by atoms with E-state index in [0.717, 1.165) is 27.4 Å². The van der Waals surface area contributed by atoms with Crippen LogP contribution < -0.4 is 5.32 Å². The number of carbonyl (C=O) groups is 1. The Bertz CT molecular complexity index is 884. The third-order valence-electron chi connectivity index (χ3n) is 3.73. The van der Waals surface area contributed by atoms with E-state index in [-0.39, 0.29) is 5.91 Å². The highest BCUT2D eigenvalue weighted by atomic mass is 35.5. The molecule has 0 fully saturated rings. The van der Waals surface area contributed by atoms with Gasteiger partial charge in [0, 0.05) is 23.5 Å². The summed E-state index contributed by atoms with van der Waals surface area (Å²) >= 11 is 9.05. The SMILES string of the molecule is Cn1c(CSCC(=O)Nc2ccccc2)nnc1SCc1ccc(Cl)cc1. The fourth-order valence-electron chi connectivity index (χ4n) is 2.28. The minimum absolute atomic E-state index is 0.0225. The van der Waals surface area contributed by atoms with Crippen LogP contribution in [0.1, 0.15) is 11.4 Å². The van der Waals surface area contributed by atoms with Crippen molar-refractivity contribution < 1.29 is 4.79 Å². The zero-order chi connectivity index (χ0) is 19.1. The lowest BCUT2D eigenvalue weighted by molar-refractivity contribution is -0.113. The summed E-state index contributed by atoms with van der Waals surface area (Å²) in [5.41, 5.74) is 1.99. The van der Waals surface area contributed by atoms with E-state index in [4.69, 9.17) is 11.6 Å². The van der Waals surface area contributed by atoms with E-state index in [1.54, 1.807) is 11.8 Å². The average molecular weight is 419 g/mol. The molecular weight excluding hydrogens is 400 g/mol. The first-order valence-electron chi connectivity index (χ1n) is 8.30. The molecule has 0 atom stereocenters. The van der Waals surface area contributed by atoms with Gasteiger partial charge in [-0.3, -0.25) is 4.79 Å². The van der Waals surface area contributed by atoms with Gasteiger partial charge in [0.1, 0.15) is 5.82 Å². The van der Waals surface area contributed by atoms with Crippen molar-refractivity contribution in [3.8, 4) is 0 Å². The number of carbonyl (C=O) groups excluding carboxylic acids is 1. The summed E-state index contributed by atoms with van der Waals surface area (Å²) in [6.45, 7) is 0. The molecule has 0 aliphatic rings. The fourth-order valence-corrected chi connectivity index (χ4v) is 4.08. The molecule has 0 spiro atoms. The molecular formula is C19H19ClN4OS2. The molecule has 3 aromatic rings. The number of nitrogens with one attached hydrogen (secondary N) is 1. The summed E-state index contributed by atoms with van der Waals surface area (Å²) < 4.78 is 1.97. The van der Waals surface area contributed by atoms with Gasteiger partial charge in [-0.05, 0) is 29.8 Å². The highest BCUT2D eigenvalue weighted by Crippen LogP contribution is 2.23. The van der Waals surface area contributed by atoms with Crippen molar-refractivity contribution in [3.05, 3.63) is 71.0 Å². The van der Waals surface area contributed by atoms with E-state index < -0.39 is 0 Å². The number of halogens is 1. The van der Waals surface area contributed by atoms with Gasteiger partial charge in [0.15, 0.2) is 5.16 Å². The molecule has 8 heteroatoms. The molecule has 0 radical (unpaired) electrons. The smallest absolute Gasteiger partial charge is 0.234 e. The maximum Gasteiger partial charge on any atom is 0.234 e. The zero-order valence-electron chi connectivity index (χ0n) is 14.8. The Labute approximate surface area is 171 Å². The largest absolute Gasteiger partial charge is 0.325 e. The number of hydrogen-bond donors (Lipinski definition) is 1. The number of rotatable bonds is 8.